The minimum atomic E-state index is -0.203. The van der Waals surface area contributed by atoms with E-state index in [0.29, 0.717) is 12.5 Å². The average Bonchev–Trinajstić information content (AvgIpc) is 2.04. The molecular formula is C7H16N4O. The average molecular weight is 172 g/mol. The Labute approximate surface area is 72.4 Å². The zero-order chi connectivity index (χ0) is 9.56. The summed E-state index contributed by atoms with van der Waals surface area (Å²) in [6, 6.07) is -0.203. The van der Waals surface area contributed by atoms with E-state index >= 15 is 0 Å². The molecule has 0 amide bonds. The first-order valence-corrected chi connectivity index (χ1v) is 3.75. The molecule has 0 saturated heterocycles. The van der Waals surface area contributed by atoms with Gasteiger partial charge in [-0.15, -0.1) is 0 Å². The standard InChI is InChI=1S/C7H16N4O/c1-5(12)6(9-2)4-11-7(8)10-3/h6,9H,4H2,1-3H3,(H3,8,10,11). The van der Waals surface area contributed by atoms with Gasteiger partial charge in [0.1, 0.15) is 5.78 Å². The van der Waals surface area contributed by atoms with Crippen LogP contribution in [0.3, 0.4) is 0 Å². The molecule has 0 rings (SSSR count). The molecule has 12 heavy (non-hydrogen) atoms. The summed E-state index contributed by atoms with van der Waals surface area (Å²) in [6.45, 7) is 2.00. The number of nitrogens with zero attached hydrogens (tertiary/aromatic N) is 1. The van der Waals surface area contributed by atoms with Crippen molar-refractivity contribution < 1.29 is 4.79 Å². The van der Waals surface area contributed by atoms with Crippen molar-refractivity contribution >= 4 is 11.7 Å². The van der Waals surface area contributed by atoms with Gasteiger partial charge in [0.2, 0.25) is 0 Å². The van der Waals surface area contributed by atoms with Gasteiger partial charge in [0.25, 0.3) is 0 Å². The van der Waals surface area contributed by atoms with Crippen LogP contribution in [0.25, 0.3) is 0 Å². The summed E-state index contributed by atoms with van der Waals surface area (Å²) >= 11 is 0. The maximum absolute atomic E-state index is 10.9. The van der Waals surface area contributed by atoms with Gasteiger partial charge in [-0.1, -0.05) is 0 Å². The lowest BCUT2D eigenvalue weighted by atomic mass is 10.2. The van der Waals surface area contributed by atoms with Crippen LogP contribution in [-0.2, 0) is 4.79 Å². The molecule has 1 unspecified atom stereocenters. The van der Waals surface area contributed by atoms with E-state index in [0.717, 1.165) is 0 Å². The number of carbonyl (C=O) groups excluding carboxylic acids is 1. The normalized spacial score (nSPS) is 14.1. The van der Waals surface area contributed by atoms with Gasteiger partial charge < -0.3 is 16.4 Å². The molecule has 0 aliphatic heterocycles. The van der Waals surface area contributed by atoms with Gasteiger partial charge in [-0.2, -0.15) is 0 Å². The van der Waals surface area contributed by atoms with E-state index < -0.39 is 0 Å². The molecule has 4 N–H and O–H groups in total. The van der Waals surface area contributed by atoms with Crippen LogP contribution in [0, 0.1) is 0 Å². The Balaban J connectivity index is 3.81. The first-order valence-electron chi connectivity index (χ1n) is 3.75. The number of guanidine groups is 1. The Hall–Kier alpha value is -1.10. The third-order valence-corrected chi connectivity index (χ3v) is 1.57. The topological polar surface area (TPSA) is 79.5 Å². The quantitative estimate of drug-likeness (QED) is 0.363. The number of rotatable bonds is 4. The summed E-state index contributed by atoms with van der Waals surface area (Å²) in [4.78, 5) is 14.6. The molecule has 0 saturated carbocycles. The van der Waals surface area contributed by atoms with Crippen molar-refractivity contribution in [1.29, 1.82) is 0 Å². The summed E-state index contributed by atoms with van der Waals surface area (Å²) in [7, 11) is 3.32. The summed E-state index contributed by atoms with van der Waals surface area (Å²) in [5, 5.41) is 5.67. The molecule has 0 fully saturated rings. The fourth-order valence-corrected chi connectivity index (χ4v) is 0.735. The van der Waals surface area contributed by atoms with Gasteiger partial charge in [-0.25, -0.2) is 0 Å². The molecule has 1 atom stereocenters. The predicted molar refractivity (Wildman–Crippen MR) is 49.1 cm³/mol. The summed E-state index contributed by atoms with van der Waals surface area (Å²) < 4.78 is 0. The Kier molecular flexibility index (Phi) is 5.03. The molecule has 70 valence electrons. The third kappa shape index (κ3) is 3.92. The molecule has 0 aliphatic carbocycles. The zero-order valence-electron chi connectivity index (χ0n) is 7.72. The summed E-state index contributed by atoms with van der Waals surface area (Å²) in [5.74, 6) is 0.422. The van der Waals surface area contributed by atoms with Crippen LogP contribution in [0.15, 0.2) is 4.99 Å². The number of Topliss-reactive ketones (excluding diaryl/α,β-unsaturated/α-hetero) is 1. The van der Waals surface area contributed by atoms with Gasteiger partial charge in [0.15, 0.2) is 5.96 Å². The number of likely N-dealkylation sites (N-methyl/N-ethyl adjacent to an activating group) is 1. The second-order valence-corrected chi connectivity index (χ2v) is 2.44. The molecule has 0 aromatic heterocycles. The van der Waals surface area contributed by atoms with Crippen molar-refractivity contribution in [2.45, 2.75) is 13.0 Å². The van der Waals surface area contributed by atoms with E-state index in [1.54, 1.807) is 14.1 Å². The first-order chi connectivity index (χ1) is 5.61. The van der Waals surface area contributed by atoms with Crippen molar-refractivity contribution in [3.63, 3.8) is 0 Å². The van der Waals surface area contributed by atoms with Crippen LogP contribution in [-0.4, -0.2) is 38.4 Å². The fraction of sp³-hybridized carbons (Fsp3) is 0.714. The largest absolute Gasteiger partial charge is 0.370 e. The Morgan fingerprint density at radius 3 is 2.58 bits per heavy atom. The number of nitrogens with two attached hydrogens (primary N) is 1. The van der Waals surface area contributed by atoms with Crippen LogP contribution in [0.1, 0.15) is 6.92 Å². The highest BCUT2D eigenvalue weighted by Gasteiger charge is 2.10. The van der Waals surface area contributed by atoms with Crippen molar-refractivity contribution in [2.24, 2.45) is 10.7 Å². The van der Waals surface area contributed by atoms with Gasteiger partial charge in [0, 0.05) is 13.6 Å². The zero-order valence-corrected chi connectivity index (χ0v) is 7.72. The molecule has 0 aromatic carbocycles. The Morgan fingerprint density at radius 1 is 1.67 bits per heavy atom. The maximum Gasteiger partial charge on any atom is 0.188 e. The summed E-state index contributed by atoms with van der Waals surface area (Å²) in [5.41, 5.74) is 5.38. The minimum absolute atomic E-state index is 0.0777. The molecule has 0 aliphatic rings. The van der Waals surface area contributed by atoms with E-state index in [1.807, 2.05) is 0 Å². The van der Waals surface area contributed by atoms with Gasteiger partial charge in [0.05, 0.1) is 6.04 Å². The highest BCUT2D eigenvalue weighted by molar-refractivity contribution is 5.83. The smallest absolute Gasteiger partial charge is 0.188 e. The number of ketones is 1. The van der Waals surface area contributed by atoms with Crippen molar-refractivity contribution in [3.05, 3.63) is 0 Å². The van der Waals surface area contributed by atoms with Gasteiger partial charge >= 0.3 is 0 Å². The number of hydrogen-bond acceptors (Lipinski definition) is 3. The van der Waals surface area contributed by atoms with E-state index in [9.17, 15) is 4.79 Å². The maximum atomic E-state index is 10.9. The van der Waals surface area contributed by atoms with E-state index in [-0.39, 0.29) is 11.8 Å². The fourth-order valence-electron chi connectivity index (χ4n) is 0.735. The molecule has 0 radical (unpaired) electrons. The van der Waals surface area contributed by atoms with Gasteiger partial charge in [-0.05, 0) is 14.0 Å². The van der Waals surface area contributed by atoms with E-state index in [4.69, 9.17) is 5.73 Å². The molecular weight excluding hydrogens is 156 g/mol. The van der Waals surface area contributed by atoms with Crippen molar-refractivity contribution in [1.82, 2.24) is 10.6 Å². The second kappa shape index (κ2) is 5.54. The van der Waals surface area contributed by atoms with Crippen LogP contribution in [0.5, 0.6) is 0 Å². The lowest BCUT2D eigenvalue weighted by Crippen LogP contribution is -2.45. The van der Waals surface area contributed by atoms with E-state index in [2.05, 4.69) is 15.6 Å². The summed E-state index contributed by atoms with van der Waals surface area (Å²) in [6.07, 6.45) is 0. The molecule has 5 nitrogen and oxygen atoms in total. The monoisotopic (exact) mass is 172 g/mol. The van der Waals surface area contributed by atoms with Crippen molar-refractivity contribution in [2.75, 3.05) is 20.6 Å². The van der Waals surface area contributed by atoms with Crippen LogP contribution >= 0.6 is 0 Å². The highest BCUT2D eigenvalue weighted by Crippen LogP contribution is 1.81. The molecule has 0 bridgehead atoms. The second-order valence-electron chi connectivity index (χ2n) is 2.44. The Bertz CT molecular complexity index is 178. The number of nitrogens with one attached hydrogen (secondary N) is 2. The number of aliphatic imine (C=N–C) groups is 1. The minimum Gasteiger partial charge on any atom is -0.370 e. The SMILES string of the molecule is CN=C(N)NCC(NC)C(C)=O. The van der Waals surface area contributed by atoms with Crippen molar-refractivity contribution in [3.8, 4) is 0 Å². The van der Waals surface area contributed by atoms with E-state index in [1.165, 1.54) is 6.92 Å². The molecule has 0 spiro atoms. The molecule has 0 heterocycles. The predicted octanol–water partition coefficient (Wildman–Crippen LogP) is -1.30. The van der Waals surface area contributed by atoms with Crippen LogP contribution in [0.2, 0.25) is 0 Å². The molecule has 5 heteroatoms. The third-order valence-electron chi connectivity index (χ3n) is 1.57. The number of hydrogen-bond donors (Lipinski definition) is 3. The van der Waals surface area contributed by atoms with Crippen LogP contribution < -0.4 is 16.4 Å². The highest BCUT2D eigenvalue weighted by atomic mass is 16.1. The first kappa shape index (κ1) is 10.9. The van der Waals surface area contributed by atoms with Crippen LogP contribution in [0.4, 0.5) is 0 Å². The number of carbonyl (C=O) groups is 1. The lowest BCUT2D eigenvalue weighted by molar-refractivity contribution is -0.118. The Morgan fingerprint density at radius 2 is 2.25 bits per heavy atom. The molecule has 0 aromatic rings. The van der Waals surface area contributed by atoms with Gasteiger partial charge in [-0.3, -0.25) is 9.79 Å². The lowest BCUT2D eigenvalue weighted by Gasteiger charge is -2.13.